The lowest BCUT2D eigenvalue weighted by Crippen LogP contribution is -2.31. The zero-order valence-electron chi connectivity index (χ0n) is 16.7. The van der Waals surface area contributed by atoms with Gasteiger partial charge in [0.25, 0.3) is 0 Å². The molecule has 0 aliphatic rings. The molecule has 0 aliphatic carbocycles. The van der Waals surface area contributed by atoms with Gasteiger partial charge in [-0.25, -0.2) is 4.68 Å². The van der Waals surface area contributed by atoms with Gasteiger partial charge in [-0.3, -0.25) is 9.59 Å². The second kappa shape index (κ2) is 9.92. The van der Waals surface area contributed by atoms with Crippen LogP contribution < -0.4 is 20.1 Å². The van der Waals surface area contributed by atoms with Crippen LogP contribution >= 0.6 is 0 Å². The molecule has 0 atom stereocenters. The summed E-state index contributed by atoms with van der Waals surface area (Å²) in [5.41, 5.74) is 2.23. The van der Waals surface area contributed by atoms with E-state index in [1.165, 1.54) is 13.2 Å². The Morgan fingerprint density at radius 3 is 2.57 bits per heavy atom. The Labute approximate surface area is 174 Å². The standard InChI is InChI=1S/C22H22N4O4/c1-29-19-10-4-16(20(14-19)30-2)5-11-21(27)23-15-22(28)25-17-6-8-18(9-7-17)26-13-3-12-24-26/h3-14H,15H2,1-2H3,(H,23,27)(H,25,28)/b11-5+. The molecular weight excluding hydrogens is 384 g/mol. The van der Waals surface area contributed by atoms with Crippen molar-refractivity contribution in [2.45, 2.75) is 0 Å². The van der Waals surface area contributed by atoms with Crippen molar-refractivity contribution >= 4 is 23.6 Å². The maximum Gasteiger partial charge on any atom is 0.244 e. The average Bonchev–Trinajstić information content (AvgIpc) is 3.31. The molecule has 0 saturated carbocycles. The number of methoxy groups -OCH3 is 2. The highest BCUT2D eigenvalue weighted by Crippen LogP contribution is 2.25. The quantitative estimate of drug-likeness (QED) is 0.561. The number of hydrogen-bond donors (Lipinski definition) is 2. The number of anilines is 1. The van der Waals surface area contributed by atoms with Crippen LogP contribution in [0.2, 0.25) is 0 Å². The second-order valence-corrected chi connectivity index (χ2v) is 6.20. The highest BCUT2D eigenvalue weighted by atomic mass is 16.5. The summed E-state index contributed by atoms with van der Waals surface area (Å²) in [4.78, 5) is 24.1. The van der Waals surface area contributed by atoms with Crippen LogP contribution in [0.3, 0.4) is 0 Å². The fraction of sp³-hybridized carbons (Fsp3) is 0.136. The first-order valence-corrected chi connectivity index (χ1v) is 9.17. The number of hydrogen-bond acceptors (Lipinski definition) is 5. The molecule has 0 aliphatic heterocycles. The van der Waals surface area contributed by atoms with Gasteiger partial charge in [-0.15, -0.1) is 0 Å². The van der Waals surface area contributed by atoms with Crippen LogP contribution in [-0.2, 0) is 9.59 Å². The predicted octanol–water partition coefficient (Wildman–Crippen LogP) is 2.66. The molecule has 0 bridgehead atoms. The zero-order chi connectivity index (χ0) is 21.3. The largest absolute Gasteiger partial charge is 0.497 e. The maximum absolute atomic E-state index is 12.1. The molecule has 0 spiro atoms. The van der Waals surface area contributed by atoms with Gasteiger partial charge in [0.05, 0.1) is 26.5 Å². The number of rotatable bonds is 8. The summed E-state index contributed by atoms with van der Waals surface area (Å²) in [6.45, 7) is -0.149. The van der Waals surface area contributed by atoms with E-state index in [4.69, 9.17) is 9.47 Å². The van der Waals surface area contributed by atoms with E-state index in [2.05, 4.69) is 15.7 Å². The number of nitrogens with one attached hydrogen (secondary N) is 2. The Hall–Kier alpha value is -4.07. The van der Waals surface area contributed by atoms with Crippen molar-refractivity contribution in [3.63, 3.8) is 0 Å². The minimum atomic E-state index is -0.392. The topological polar surface area (TPSA) is 94.5 Å². The number of benzene rings is 2. The number of amides is 2. The molecule has 2 aromatic carbocycles. The molecule has 8 nitrogen and oxygen atoms in total. The van der Waals surface area contributed by atoms with E-state index in [1.54, 1.807) is 54.4 Å². The number of carbonyl (C=O) groups excluding carboxylic acids is 2. The van der Waals surface area contributed by atoms with Crippen molar-refractivity contribution in [1.29, 1.82) is 0 Å². The third-order valence-corrected chi connectivity index (χ3v) is 4.20. The van der Waals surface area contributed by atoms with Crippen LogP contribution in [0.5, 0.6) is 11.5 Å². The smallest absolute Gasteiger partial charge is 0.244 e. The normalized spacial score (nSPS) is 10.6. The summed E-state index contributed by atoms with van der Waals surface area (Å²) < 4.78 is 12.1. The van der Waals surface area contributed by atoms with Gasteiger partial charge < -0.3 is 20.1 Å². The van der Waals surface area contributed by atoms with Crippen molar-refractivity contribution in [3.8, 4) is 17.2 Å². The molecule has 1 heterocycles. The molecule has 30 heavy (non-hydrogen) atoms. The third kappa shape index (κ3) is 5.48. The first-order chi connectivity index (χ1) is 14.6. The number of ether oxygens (including phenoxy) is 2. The Kier molecular flexibility index (Phi) is 6.83. The summed E-state index contributed by atoms with van der Waals surface area (Å²) in [5, 5.41) is 9.43. The highest BCUT2D eigenvalue weighted by molar-refractivity contribution is 5.98. The minimum absolute atomic E-state index is 0.149. The molecule has 8 heteroatoms. The third-order valence-electron chi connectivity index (χ3n) is 4.20. The van der Waals surface area contributed by atoms with E-state index in [1.807, 2.05) is 24.4 Å². The monoisotopic (exact) mass is 406 g/mol. The van der Waals surface area contributed by atoms with E-state index in [0.717, 1.165) is 11.3 Å². The zero-order valence-corrected chi connectivity index (χ0v) is 16.7. The predicted molar refractivity (Wildman–Crippen MR) is 114 cm³/mol. The van der Waals surface area contributed by atoms with Gasteiger partial charge in [0, 0.05) is 35.8 Å². The number of nitrogens with zero attached hydrogens (tertiary/aromatic N) is 2. The summed E-state index contributed by atoms with van der Waals surface area (Å²) in [5.74, 6) is 0.514. The van der Waals surface area contributed by atoms with Gasteiger partial charge in [0.2, 0.25) is 11.8 Å². The van der Waals surface area contributed by atoms with E-state index in [0.29, 0.717) is 17.2 Å². The lowest BCUT2D eigenvalue weighted by molar-refractivity contribution is -0.121. The molecule has 0 fully saturated rings. The molecule has 3 aromatic rings. The van der Waals surface area contributed by atoms with Crippen LogP contribution in [0.4, 0.5) is 5.69 Å². The molecule has 2 amide bonds. The van der Waals surface area contributed by atoms with E-state index in [9.17, 15) is 9.59 Å². The molecule has 154 valence electrons. The average molecular weight is 406 g/mol. The van der Waals surface area contributed by atoms with Gasteiger partial charge >= 0.3 is 0 Å². The Morgan fingerprint density at radius 2 is 1.90 bits per heavy atom. The van der Waals surface area contributed by atoms with Crippen LogP contribution in [0.25, 0.3) is 11.8 Å². The van der Waals surface area contributed by atoms with Crippen molar-refractivity contribution in [3.05, 3.63) is 72.6 Å². The first-order valence-electron chi connectivity index (χ1n) is 9.17. The van der Waals surface area contributed by atoms with E-state index >= 15 is 0 Å². The van der Waals surface area contributed by atoms with Gasteiger partial charge in [-0.2, -0.15) is 5.10 Å². The first kappa shape index (κ1) is 20.7. The molecule has 0 saturated heterocycles. The maximum atomic E-state index is 12.1. The van der Waals surface area contributed by atoms with Crippen molar-refractivity contribution in [1.82, 2.24) is 15.1 Å². The SMILES string of the molecule is COc1ccc(/C=C/C(=O)NCC(=O)Nc2ccc(-n3cccn3)cc2)c(OC)c1. The van der Waals surface area contributed by atoms with E-state index < -0.39 is 5.91 Å². The van der Waals surface area contributed by atoms with Gasteiger partial charge in [0.1, 0.15) is 11.5 Å². The molecule has 1 aromatic heterocycles. The van der Waals surface area contributed by atoms with Crippen LogP contribution in [-0.4, -0.2) is 42.4 Å². The van der Waals surface area contributed by atoms with Gasteiger partial charge in [-0.05, 0) is 48.5 Å². The van der Waals surface area contributed by atoms with Crippen molar-refractivity contribution < 1.29 is 19.1 Å². The van der Waals surface area contributed by atoms with Crippen molar-refractivity contribution in [2.24, 2.45) is 0 Å². The molecule has 0 unspecified atom stereocenters. The Morgan fingerprint density at radius 1 is 1.10 bits per heavy atom. The fourth-order valence-electron chi connectivity index (χ4n) is 2.67. The van der Waals surface area contributed by atoms with Crippen LogP contribution in [0.1, 0.15) is 5.56 Å². The second-order valence-electron chi connectivity index (χ2n) is 6.20. The Balaban J connectivity index is 1.50. The lowest BCUT2D eigenvalue weighted by atomic mass is 10.1. The summed E-state index contributed by atoms with van der Waals surface area (Å²) in [6.07, 6.45) is 6.48. The number of carbonyl (C=O) groups is 2. The van der Waals surface area contributed by atoms with Gasteiger partial charge in [-0.1, -0.05) is 0 Å². The van der Waals surface area contributed by atoms with Crippen LogP contribution in [0, 0.1) is 0 Å². The summed E-state index contributed by atoms with van der Waals surface area (Å²) in [7, 11) is 3.11. The molecule has 3 rings (SSSR count). The van der Waals surface area contributed by atoms with E-state index in [-0.39, 0.29) is 12.5 Å². The molecule has 0 radical (unpaired) electrons. The molecular formula is C22H22N4O4. The summed E-state index contributed by atoms with van der Waals surface area (Å²) in [6, 6.07) is 14.3. The van der Waals surface area contributed by atoms with Crippen molar-refractivity contribution in [2.75, 3.05) is 26.1 Å². The van der Waals surface area contributed by atoms with Gasteiger partial charge in [0.15, 0.2) is 0 Å². The fourth-order valence-corrected chi connectivity index (χ4v) is 2.67. The lowest BCUT2D eigenvalue weighted by Gasteiger charge is -2.08. The Bertz CT molecular complexity index is 1030. The minimum Gasteiger partial charge on any atom is -0.497 e. The molecule has 2 N–H and O–H groups in total. The summed E-state index contributed by atoms with van der Waals surface area (Å²) >= 11 is 0. The highest BCUT2D eigenvalue weighted by Gasteiger charge is 2.06. The number of aromatic nitrogens is 2. The van der Waals surface area contributed by atoms with Crippen LogP contribution in [0.15, 0.2) is 67.0 Å².